The second-order valence-corrected chi connectivity index (χ2v) is 5.03. The van der Waals surface area contributed by atoms with Crippen molar-refractivity contribution in [1.29, 1.82) is 0 Å². The van der Waals surface area contributed by atoms with E-state index in [4.69, 9.17) is 4.74 Å². The van der Waals surface area contributed by atoms with Crippen LogP contribution in [0.5, 0.6) is 0 Å². The van der Waals surface area contributed by atoms with Crippen LogP contribution in [-0.2, 0) is 4.74 Å². The molecule has 3 nitrogen and oxygen atoms in total. The number of hydrogen-bond donors (Lipinski definition) is 1. The minimum Gasteiger partial charge on any atom is -0.462 e. The molecule has 2 atom stereocenters. The van der Waals surface area contributed by atoms with Gasteiger partial charge in [0.2, 0.25) is 0 Å². The van der Waals surface area contributed by atoms with Crippen molar-refractivity contribution in [1.82, 2.24) is 0 Å². The molecule has 0 radical (unpaired) electrons. The topological polar surface area (TPSA) is 42.9 Å². The summed E-state index contributed by atoms with van der Waals surface area (Å²) in [4.78, 5) is 11.7. The molecule has 1 fully saturated rings. The van der Waals surface area contributed by atoms with Gasteiger partial charge in [0, 0.05) is 12.3 Å². The van der Waals surface area contributed by atoms with E-state index in [2.05, 4.69) is 18.3 Å². The zero-order valence-corrected chi connectivity index (χ0v) is 11.2. The van der Waals surface area contributed by atoms with Crippen LogP contribution in [0.4, 0.5) is 0 Å². The van der Waals surface area contributed by atoms with Gasteiger partial charge in [-0.15, -0.1) is 0 Å². The molecule has 2 rings (SSSR count). The van der Waals surface area contributed by atoms with Gasteiger partial charge in [-0.05, 0) is 30.5 Å². The van der Waals surface area contributed by atoms with E-state index >= 15 is 0 Å². The number of nitrogens with two attached hydrogens (primary N) is 1. The van der Waals surface area contributed by atoms with Crippen LogP contribution >= 0.6 is 0 Å². The summed E-state index contributed by atoms with van der Waals surface area (Å²) in [6.07, 6.45) is 1.19. The van der Waals surface area contributed by atoms with Gasteiger partial charge < -0.3 is 10.1 Å². The zero-order chi connectivity index (χ0) is 13.0. The quantitative estimate of drug-likeness (QED) is 0.825. The van der Waals surface area contributed by atoms with E-state index in [1.807, 2.05) is 25.1 Å². The molecule has 2 N–H and O–H groups in total. The highest BCUT2D eigenvalue weighted by Gasteiger charge is 2.25. The summed E-state index contributed by atoms with van der Waals surface area (Å²) >= 11 is 0. The number of esters is 1. The average Bonchev–Trinajstić information content (AvgIpc) is 2.40. The number of ether oxygens (including phenoxy) is 1. The molecular formula is C15H22NO2+. The molecule has 1 saturated heterocycles. The fourth-order valence-corrected chi connectivity index (χ4v) is 2.73. The Labute approximate surface area is 109 Å². The highest BCUT2D eigenvalue weighted by Crippen LogP contribution is 2.28. The van der Waals surface area contributed by atoms with E-state index in [0.29, 0.717) is 24.0 Å². The fraction of sp³-hybridized carbons (Fsp3) is 0.533. The first kappa shape index (κ1) is 13.1. The second-order valence-electron chi connectivity index (χ2n) is 5.03. The lowest BCUT2D eigenvalue weighted by Gasteiger charge is -2.27. The molecule has 0 saturated carbocycles. The van der Waals surface area contributed by atoms with Crippen LogP contribution in [0.25, 0.3) is 0 Å². The van der Waals surface area contributed by atoms with E-state index in [0.717, 1.165) is 0 Å². The number of carbonyl (C=O) groups excluding carboxylic acids is 1. The molecule has 0 aliphatic carbocycles. The number of piperidine rings is 1. The SMILES string of the molecule is CCOC(=O)c1cccc([C@@H]2CC[NH2+]C[C@H]2C)c1. The standard InChI is InChI=1S/C15H21NO2/c1-3-18-15(17)13-6-4-5-12(9-13)14-7-8-16-10-11(14)2/h4-6,9,11,14,16H,3,7-8,10H2,1-2H3/p+1/t11-,14-/m1/s1. The van der Waals surface area contributed by atoms with Gasteiger partial charge in [-0.1, -0.05) is 19.1 Å². The molecule has 1 aromatic rings. The van der Waals surface area contributed by atoms with Crippen LogP contribution < -0.4 is 5.32 Å². The number of hydrogen-bond acceptors (Lipinski definition) is 2. The third-order valence-electron chi connectivity index (χ3n) is 3.73. The second kappa shape index (κ2) is 6.01. The Kier molecular flexibility index (Phi) is 4.37. The Morgan fingerprint density at radius 2 is 2.33 bits per heavy atom. The summed E-state index contributed by atoms with van der Waals surface area (Å²) in [7, 11) is 0. The van der Waals surface area contributed by atoms with Crippen LogP contribution in [-0.4, -0.2) is 25.7 Å². The molecule has 0 unspecified atom stereocenters. The van der Waals surface area contributed by atoms with Crippen LogP contribution in [0.3, 0.4) is 0 Å². The minimum atomic E-state index is -0.214. The van der Waals surface area contributed by atoms with Gasteiger partial charge in [-0.25, -0.2) is 4.79 Å². The average molecular weight is 248 g/mol. The molecule has 0 aromatic heterocycles. The van der Waals surface area contributed by atoms with Crippen molar-refractivity contribution in [2.24, 2.45) is 5.92 Å². The van der Waals surface area contributed by atoms with Crippen molar-refractivity contribution in [2.45, 2.75) is 26.2 Å². The molecule has 1 heterocycles. The van der Waals surface area contributed by atoms with E-state index in [-0.39, 0.29) is 5.97 Å². The maximum atomic E-state index is 11.7. The minimum absolute atomic E-state index is 0.214. The van der Waals surface area contributed by atoms with Gasteiger partial charge in [-0.2, -0.15) is 0 Å². The van der Waals surface area contributed by atoms with Crippen LogP contribution in [0.1, 0.15) is 42.1 Å². The van der Waals surface area contributed by atoms with Crippen LogP contribution in [0.2, 0.25) is 0 Å². The number of rotatable bonds is 3. The highest BCUT2D eigenvalue weighted by atomic mass is 16.5. The Morgan fingerprint density at radius 3 is 3.06 bits per heavy atom. The first-order valence-electron chi connectivity index (χ1n) is 6.81. The molecule has 0 spiro atoms. The zero-order valence-electron chi connectivity index (χ0n) is 11.2. The van der Waals surface area contributed by atoms with E-state index in [9.17, 15) is 4.79 Å². The molecular weight excluding hydrogens is 226 g/mol. The summed E-state index contributed by atoms with van der Waals surface area (Å²) in [5.41, 5.74) is 1.96. The van der Waals surface area contributed by atoms with Gasteiger partial charge in [0.15, 0.2) is 0 Å². The molecule has 98 valence electrons. The van der Waals surface area contributed by atoms with Crippen LogP contribution in [0.15, 0.2) is 24.3 Å². The fourth-order valence-electron chi connectivity index (χ4n) is 2.73. The van der Waals surface area contributed by atoms with Crippen molar-refractivity contribution < 1.29 is 14.8 Å². The lowest BCUT2D eigenvalue weighted by molar-refractivity contribution is -0.669. The molecule has 1 aromatic carbocycles. The largest absolute Gasteiger partial charge is 0.462 e. The molecule has 0 amide bonds. The van der Waals surface area contributed by atoms with Crippen molar-refractivity contribution in [2.75, 3.05) is 19.7 Å². The third kappa shape index (κ3) is 2.91. The molecule has 0 bridgehead atoms. The number of benzene rings is 1. The van der Waals surface area contributed by atoms with Gasteiger partial charge in [-0.3, -0.25) is 0 Å². The Bertz CT molecular complexity index is 417. The summed E-state index contributed by atoms with van der Waals surface area (Å²) in [6.45, 7) is 6.91. The Morgan fingerprint density at radius 1 is 1.50 bits per heavy atom. The predicted molar refractivity (Wildman–Crippen MR) is 70.6 cm³/mol. The monoisotopic (exact) mass is 248 g/mol. The lowest BCUT2D eigenvalue weighted by Crippen LogP contribution is -2.87. The Balaban J connectivity index is 2.18. The van der Waals surface area contributed by atoms with Crippen molar-refractivity contribution in [3.05, 3.63) is 35.4 Å². The van der Waals surface area contributed by atoms with Crippen molar-refractivity contribution in [3.63, 3.8) is 0 Å². The van der Waals surface area contributed by atoms with Crippen molar-refractivity contribution >= 4 is 5.97 Å². The molecule has 18 heavy (non-hydrogen) atoms. The summed E-state index contributed by atoms with van der Waals surface area (Å²) < 4.78 is 5.05. The van der Waals surface area contributed by atoms with Gasteiger partial charge >= 0.3 is 5.97 Å². The van der Waals surface area contributed by atoms with Gasteiger partial charge in [0.1, 0.15) is 0 Å². The lowest BCUT2D eigenvalue weighted by atomic mass is 9.82. The smallest absolute Gasteiger partial charge is 0.338 e. The Hall–Kier alpha value is -1.35. The maximum Gasteiger partial charge on any atom is 0.338 e. The summed E-state index contributed by atoms with van der Waals surface area (Å²) in [5, 5.41) is 2.37. The first-order valence-corrected chi connectivity index (χ1v) is 6.81. The molecule has 3 heteroatoms. The molecule has 1 aliphatic rings. The normalized spacial score (nSPS) is 23.7. The van der Waals surface area contributed by atoms with E-state index < -0.39 is 0 Å². The molecule has 1 aliphatic heterocycles. The summed E-state index contributed by atoms with van der Waals surface area (Å²) in [5.74, 6) is 1.02. The number of carbonyl (C=O) groups is 1. The van der Waals surface area contributed by atoms with E-state index in [1.54, 1.807) is 0 Å². The van der Waals surface area contributed by atoms with E-state index in [1.165, 1.54) is 25.1 Å². The number of quaternary nitrogens is 1. The third-order valence-corrected chi connectivity index (χ3v) is 3.73. The highest BCUT2D eigenvalue weighted by molar-refractivity contribution is 5.89. The van der Waals surface area contributed by atoms with Crippen LogP contribution in [0, 0.1) is 5.92 Å². The summed E-state index contributed by atoms with van der Waals surface area (Å²) in [6, 6.07) is 7.94. The predicted octanol–water partition coefficient (Wildman–Crippen LogP) is 1.55. The maximum absolute atomic E-state index is 11.7. The first-order chi connectivity index (χ1) is 8.72. The van der Waals surface area contributed by atoms with Gasteiger partial charge in [0.05, 0.1) is 25.3 Å². The van der Waals surface area contributed by atoms with Gasteiger partial charge in [0.25, 0.3) is 0 Å². The van der Waals surface area contributed by atoms with Crippen molar-refractivity contribution in [3.8, 4) is 0 Å².